The Morgan fingerprint density at radius 1 is 1.21 bits per heavy atom. The van der Waals surface area contributed by atoms with Crippen LogP contribution in [0.4, 0.5) is 5.95 Å². The van der Waals surface area contributed by atoms with Crippen molar-refractivity contribution in [3.8, 4) is 11.4 Å². The molecule has 0 saturated carbocycles. The van der Waals surface area contributed by atoms with E-state index in [9.17, 15) is 28.9 Å². The zero-order valence-corrected chi connectivity index (χ0v) is 26.1. The number of anilines is 1. The number of aromatic nitrogens is 6. The number of imidazole rings is 1. The molecule has 18 heteroatoms. The van der Waals surface area contributed by atoms with Crippen LogP contribution in [0.3, 0.4) is 0 Å². The van der Waals surface area contributed by atoms with Crippen molar-refractivity contribution >= 4 is 41.8 Å². The van der Waals surface area contributed by atoms with Gasteiger partial charge in [0.25, 0.3) is 11.1 Å². The lowest BCUT2D eigenvalue weighted by Gasteiger charge is -2.36. The Balaban J connectivity index is 1.07. The zero-order valence-electron chi connectivity index (χ0n) is 25.2. The number of nitrogen functional groups attached to an aromatic ring is 1. The molecule has 8 rings (SSSR count). The number of carbonyl (C=O) groups excluding carboxylic acids is 1. The van der Waals surface area contributed by atoms with Crippen molar-refractivity contribution < 1.29 is 37.9 Å². The van der Waals surface area contributed by atoms with Gasteiger partial charge in [-0.05, 0) is 24.6 Å². The predicted molar refractivity (Wildman–Crippen MR) is 166 cm³/mol. The number of cyclic esters (lactones) is 1. The number of ether oxygens (including phenoxy) is 2. The van der Waals surface area contributed by atoms with E-state index in [0.29, 0.717) is 11.4 Å². The van der Waals surface area contributed by atoms with Gasteiger partial charge in [0.15, 0.2) is 11.2 Å². The largest absolute Gasteiger partial charge is 0.473 e. The average molecular weight is 678 g/mol. The van der Waals surface area contributed by atoms with E-state index in [1.807, 2.05) is 30.3 Å². The number of nitrogens with zero attached hydrogens (tertiary/aromatic N) is 5. The number of benzene rings is 1. The third kappa shape index (κ3) is 4.69. The van der Waals surface area contributed by atoms with Crippen molar-refractivity contribution in [1.29, 1.82) is 0 Å². The summed E-state index contributed by atoms with van der Waals surface area (Å²) in [6.07, 6.45) is -2.02. The molecule has 1 saturated heterocycles. The molecule has 7 heterocycles. The first-order valence-electron chi connectivity index (χ1n) is 15.1. The van der Waals surface area contributed by atoms with Gasteiger partial charge < -0.3 is 29.8 Å². The van der Waals surface area contributed by atoms with Gasteiger partial charge in [-0.3, -0.25) is 28.2 Å². The second-order valence-corrected chi connectivity index (χ2v) is 13.2. The fraction of sp³-hybridized carbons (Fsp3) is 0.333. The first kappa shape index (κ1) is 30.6. The second-order valence-electron chi connectivity index (χ2n) is 11.8. The summed E-state index contributed by atoms with van der Waals surface area (Å²) in [5.74, 6) is -1.10. The summed E-state index contributed by atoms with van der Waals surface area (Å²) in [5, 5.41) is 11.6. The Hall–Kier alpha value is -4.77. The molecule has 5 aromatic rings. The van der Waals surface area contributed by atoms with Gasteiger partial charge in [-0.15, -0.1) is 0 Å². The maximum absolute atomic E-state index is 13.8. The number of pyridine rings is 2. The van der Waals surface area contributed by atoms with Gasteiger partial charge in [0.1, 0.15) is 18.9 Å². The summed E-state index contributed by atoms with van der Waals surface area (Å²) in [6, 6.07) is 11.1. The van der Waals surface area contributed by atoms with Crippen LogP contribution in [0.15, 0.2) is 52.3 Å². The number of H-pyrrole nitrogens is 1. The Kier molecular flexibility index (Phi) is 6.93. The highest BCUT2D eigenvalue weighted by Gasteiger charge is 2.53. The van der Waals surface area contributed by atoms with E-state index in [0.717, 1.165) is 16.5 Å². The van der Waals surface area contributed by atoms with Crippen LogP contribution in [0.5, 0.6) is 0 Å². The lowest BCUT2D eigenvalue weighted by atomic mass is 9.86. The SMILES string of the molecule is CC[C@@]1(OP(=O)(O)OC[C@H]2O[C@@H](n3cnc4c(=O)[nH]c(N)nc43)C[C@@H]2O)C(=O)OCc2c1cc1n(c2=O)Cc2cc3ccccc3nc2-1. The normalized spacial score (nSPS) is 24.3. The number of fused-ring (bicyclic) bond motifs is 6. The first-order valence-corrected chi connectivity index (χ1v) is 16.5. The fourth-order valence-corrected chi connectivity index (χ4v) is 7.73. The number of phosphoric ester groups is 1. The quantitative estimate of drug-likeness (QED) is 0.139. The number of esters is 1. The van der Waals surface area contributed by atoms with Crippen LogP contribution in [-0.4, -0.2) is 63.9 Å². The number of para-hydroxylation sites is 1. The van der Waals surface area contributed by atoms with E-state index in [1.54, 1.807) is 13.0 Å². The molecule has 1 fully saturated rings. The number of phosphoric acid groups is 1. The summed E-state index contributed by atoms with van der Waals surface area (Å²) in [4.78, 5) is 65.5. The Morgan fingerprint density at radius 2 is 2.02 bits per heavy atom. The molecular formula is C30H28N7O10P. The lowest BCUT2D eigenvalue weighted by molar-refractivity contribution is -0.171. The maximum atomic E-state index is 13.8. The Morgan fingerprint density at radius 3 is 2.83 bits per heavy atom. The molecular weight excluding hydrogens is 649 g/mol. The highest BCUT2D eigenvalue weighted by atomic mass is 31.2. The monoisotopic (exact) mass is 677 g/mol. The molecule has 48 heavy (non-hydrogen) atoms. The number of aliphatic hydroxyl groups is 1. The zero-order chi connectivity index (χ0) is 33.5. The molecule has 17 nitrogen and oxygen atoms in total. The van der Waals surface area contributed by atoms with Crippen LogP contribution in [0, 0.1) is 0 Å². The Bertz CT molecular complexity index is 2340. The van der Waals surface area contributed by atoms with Crippen LogP contribution < -0.4 is 16.9 Å². The van der Waals surface area contributed by atoms with Crippen LogP contribution >= 0.6 is 7.82 Å². The van der Waals surface area contributed by atoms with E-state index in [2.05, 4.69) is 15.0 Å². The lowest BCUT2D eigenvalue weighted by Crippen LogP contribution is -2.46. The number of hydrogen-bond donors (Lipinski definition) is 4. The standard InChI is InChI=1S/C30H28N7O10P/c1-2-30(47-48(42,43)45-12-21-20(38)9-22(46-21)37-13-32-24-25(37)34-29(31)35-26(24)39)17-8-19-23-15(7-14-5-3-4-6-18(14)33-23)10-36(19)27(40)16(17)11-44-28(30)41/h3-8,13,20-22,38H,2,9-12H2,1H3,(H,42,43)(H3,31,34,35,39)/t20-,21+,22+,30-/m0/s1. The maximum Gasteiger partial charge on any atom is 0.473 e. The van der Waals surface area contributed by atoms with Crippen molar-refractivity contribution in [2.45, 2.75) is 57.0 Å². The van der Waals surface area contributed by atoms with E-state index in [1.165, 1.54) is 15.5 Å². The number of nitrogens with one attached hydrogen (secondary N) is 1. The molecule has 1 aromatic carbocycles. The molecule has 0 aliphatic carbocycles. The first-order chi connectivity index (χ1) is 23.0. The van der Waals surface area contributed by atoms with Gasteiger partial charge in [0, 0.05) is 22.9 Å². The van der Waals surface area contributed by atoms with Gasteiger partial charge in [-0.1, -0.05) is 25.1 Å². The molecule has 0 spiro atoms. The number of carbonyl (C=O) groups is 1. The minimum absolute atomic E-state index is 0.00288. The summed E-state index contributed by atoms with van der Waals surface area (Å²) >= 11 is 0. The van der Waals surface area contributed by atoms with Crippen LogP contribution in [0.25, 0.3) is 33.5 Å². The molecule has 4 aromatic heterocycles. The van der Waals surface area contributed by atoms with Gasteiger partial charge in [0.2, 0.25) is 11.5 Å². The van der Waals surface area contributed by atoms with Gasteiger partial charge in [-0.2, -0.15) is 4.98 Å². The highest BCUT2D eigenvalue weighted by Crippen LogP contribution is 2.54. The predicted octanol–water partition coefficient (Wildman–Crippen LogP) is 1.58. The van der Waals surface area contributed by atoms with Crippen LogP contribution in [0.1, 0.15) is 42.7 Å². The van der Waals surface area contributed by atoms with E-state index in [-0.39, 0.29) is 54.2 Å². The van der Waals surface area contributed by atoms with Crippen LogP contribution in [0.2, 0.25) is 0 Å². The molecule has 5 atom stereocenters. The molecule has 0 bridgehead atoms. The van der Waals surface area contributed by atoms with E-state index < -0.39 is 55.6 Å². The summed E-state index contributed by atoms with van der Waals surface area (Å²) in [5.41, 5.74) is 5.35. The molecule has 5 N–H and O–H groups in total. The van der Waals surface area contributed by atoms with Crippen molar-refractivity contribution in [2.75, 3.05) is 12.3 Å². The second kappa shape index (κ2) is 10.9. The fourth-order valence-electron chi connectivity index (χ4n) is 6.65. The molecule has 0 amide bonds. The average Bonchev–Trinajstić information content (AvgIpc) is 3.75. The van der Waals surface area contributed by atoms with Gasteiger partial charge >= 0.3 is 13.8 Å². The van der Waals surface area contributed by atoms with Crippen molar-refractivity contribution in [3.05, 3.63) is 80.1 Å². The number of nitrogens with two attached hydrogens (primary N) is 1. The van der Waals surface area contributed by atoms with E-state index in [4.69, 9.17) is 29.2 Å². The number of aromatic amines is 1. The van der Waals surface area contributed by atoms with Crippen LogP contribution in [-0.2, 0) is 46.6 Å². The molecule has 3 aliphatic heterocycles. The number of hydrogen-bond acceptors (Lipinski definition) is 13. The van der Waals surface area contributed by atoms with Crippen molar-refractivity contribution in [1.82, 2.24) is 29.1 Å². The third-order valence-corrected chi connectivity index (χ3v) is 10.0. The van der Waals surface area contributed by atoms with E-state index >= 15 is 0 Å². The number of rotatable bonds is 7. The highest BCUT2D eigenvalue weighted by molar-refractivity contribution is 7.47. The van der Waals surface area contributed by atoms with Crippen molar-refractivity contribution in [3.63, 3.8) is 0 Å². The summed E-state index contributed by atoms with van der Waals surface area (Å²) in [6.45, 7) is 0.840. The summed E-state index contributed by atoms with van der Waals surface area (Å²) in [7, 11) is -5.09. The van der Waals surface area contributed by atoms with Crippen molar-refractivity contribution in [2.24, 2.45) is 0 Å². The molecule has 0 radical (unpaired) electrons. The minimum atomic E-state index is -5.09. The summed E-state index contributed by atoms with van der Waals surface area (Å²) < 4.78 is 38.6. The van der Waals surface area contributed by atoms with Gasteiger partial charge in [0.05, 0.1) is 48.1 Å². The topological polar surface area (TPSA) is 236 Å². The molecule has 248 valence electrons. The third-order valence-electron chi connectivity index (χ3n) is 9.02. The number of aliphatic hydroxyl groups excluding tert-OH is 1. The molecule has 1 unspecified atom stereocenters. The minimum Gasteiger partial charge on any atom is -0.458 e. The Labute approximate surface area is 269 Å². The van der Waals surface area contributed by atoms with Gasteiger partial charge in [-0.25, -0.2) is 19.3 Å². The smallest absolute Gasteiger partial charge is 0.458 e. The molecule has 3 aliphatic rings.